The number of nitrogens with zero attached hydrogens (tertiary/aromatic N) is 1. The number of rotatable bonds is 6. The Hall–Kier alpha value is -2.47. The number of aryl methyl sites for hydroxylation is 1. The van der Waals surface area contributed by atoms with Crippen LogP contribution in [0.15, 0.2) is 40.1 Å². The molecule has 1 aromatic carbocycles. The third kappa shape index (κ3) is 3.65. The molecule has 23 heavy (non-hydrogen) atoms. The molecule has 3 rings (SSSR count). The van der Waals surface area contributed by atoms with E-state index < -0.39 is 0 Å². The van der Waals surface area contributed by atoms with Gasteiger partial charge in [0, 0.05) is 19.8 Å². The van der Waals surface area contributed by atoms with Crippen molar-refractivity contribution >= 4 is 39.8 Å². The van der Waals surface area contributed by atoms with Crippen LogP contribution in [0.25, 0.3) is 11.1 Å². The van der Waals surface area contributed by atoms with Gasteiger partial charge in [0.05, 0.1) is 10.6 Å². The minimum Gasteiger partial charge on any atom is -0.439 e. The van der Waals surface area contributed by atoms with Crippen LogP contribution in [0.1, 0.15) is 34.8 Å². The van der Waals surface area contributed by atoms with E-state index in [0.29, 0.717) is 41.9 Å². The molecule has 1 N–H and O–H groups in total. The Morgan fingerprint density at radius 2 is 2.09 bits per heavy atom. The fraction of sp³-hybridized carbons (Fsp3) is 0.235. The molecule has 3 aromatic rings. The number of hydrogen-bond donors (Lipinski definition) is 1. The Morgan fingerprint density at radius 1 is 1.22 bits per heavy atom. The maximum absolute atomic E-state index is 12.0. The first-order valence-corrected chi connectivity index (χ1v) is 8.24. The SMILES string of the molecule is Cc1nc2cccc(NC(=O)CCCC(=O)c3cccs3)c2o1. The normalized spacial score (nSPS) is 10.8. The number of nitrogens with one attached hydrogen (secondary N) is 1. The summed E-state index contributed by atoms with van der Waals surface area (Å²) in [5.41, 5.74) is 1.90. The molecule has 0 bridgehead atoms. The van der Waals surface area contributed by atoms with Crippen LogP contribution in [0.5, 0.6) is 0 Å². The summed E-state index contributed by atoms with van der Waals surface area (Å²) in [4.78, 5) is 28.9. The second kappa shape index (κ2) is 6.75. The van der Waals surface area contributed by atoms with Gasteiger partial charge in [-0.3, -0.25) is 9.59 Å². The van der Waals surface area contributed by atoms with Crippen LogP contribution in [0.4, 0.5) is 5.69 Å². The number of carbonyl (C=O) groups is 2. The van der Waals surface area contributed by atoms with Crippen molar-refractivity contribution in [1.29, 1.82) is 0 Å². The molecule has 2 heterocycles. The van der Waals surface area contributed by atoms with Crippen LogP contribution in [0.3, 0.4) is 0 Å². The minimum absolute atomic E-state index is 0.0840. The molecule has 1 amide bonds. The third-order valence-corrected chi connectivity index (χ3v) is 4.31. The number of ketones is 1. The van der Waals surface area contributed by atoms with Crippen LogP contribution in [0, 0.1) is 6.92 Å². The maximum Gasteiger partial charge on any atom is 0.224 e. The van der Waals surface area contributed by atoms with Gasteiger partial charge in [0.15, 0.2) is 17.3 Å². The lowest BCUT2D eigenvalue weighted by Gasteiger charge is -2.05. The maximum atomic E-state index is 12.0. The fourth-order valence-corrected chi connectivity index (χ4v) is 3.04. The van der Waals surface area contributed by atoms with Crippen molar-refractivity contribution in [1.82, 2.24) is 4.98 Å². The summed E-state index contributed by atoms with van der Waals surface area (Å²) < 4.78 is 5.51. The first kappa shape index (κ1) is 15.4. The number of aromatic nitrogens is 1. The number of para-hydroxylation sites is 1. The molecule has 0 aliphatic carbocycles. The van der Waals surface area contributed by atoms with Gasteiger partial charge in [-0.1, -0.05) is 12.1 Å². The largest absolute Gasteiger partial charge is 0.439 e. The van der Waals surface area contributed by atoms with E-state index in [-0.39, 0.29) is 11.7 Å². The number of thiophene rings is 1. The van der Waals surface area contributed by atoms with Gasteiger partial charge in [-0.05, 0) is 30.0 Å². The average Bonchev–Trinajstić information content (AvgIpc) is 3.16. The molecule has 0 spiro atoms. The molecule has 0 aliphatic heterocycles. The Bertz CT molecular complexity index is 837. The molecule has 0 unspecified atom stereocenters. The number of anilines is 1. The van der Waals surface area contributed by atoms with Gasteiger partial charge in [-0.15, -0.1) is 11.3 Å². The molecule has 0 saturated carbocycles. The molecular formula is C17H16N2O3S. The number of fused-ring (bicyclic) bond motifs is 1. The number of Topliss-reactive ketones (excluding diaryl/α,β-unsaturated/α-hetero) is 1. The summed E-state index contributed by atoms with van der Waals surface area (Å²) in [6, 6.07) is 9.09. The standard InChI is InChI=1S/C17H16N2O3S/c1-11-18-12-5-2-6-13(17(12)22-11)19-16(21)9-3-7-14(20)15-8-4-10-23-15/h2,4-6,8,10H,3,7,9H2,1H3,(H,19,21). The van der Waals surface area contributed by atoms with Gasteiger partial charge < -0.3 is 9.73 Å². The van der Waals surface area contributed by atoms with Gasteiger partial charge in [0.25, 0.3) is 0 Å². The monoisotopic (exact) mass is 328 g/mol. The minimum atomic E-state index is -0.134. The molecule has 2 aromatic heterocycles. The molecular weight excluding hydrogens is 312 g/mol. The first-order valence-electron chi connectivity index (χ1n) is 7.36. The second-order valence-corrected chi connectivity index (χ2v) is 6.14. The van der Waals surface area contributed by atoms with E-state index >= 15 is 0 Å². The van der Waals surface area contributed by atoms with E-state index in [4.69, 9.17) is 4.42 Å². The quantitative estimate of drug-likeness (QED) is 0.689. The van der Waals surface area contributed by atoms with Crippen molar-refractivity contribution in [3.05, 3.63) is 46.5 Å². The van der Waals surface area contributed by atoms with E-state index in [1.165, 1.54) is 11.3 Å². The summed E-state index contributed by atoms with van der Waals surface area (Å²) in [6.45, 7) is 1.77. The van der Waals surface area contributed by atoms with Gasteiger partial charge in [0.1, 0.15) is 5.52 Å². The Morgan fingerprint density at radius 3 is 2.87 bits per heavy atom. The van der Waals surface area contributed by atoms with Gasteiger partial charge >= 0.3 is 0 Å². The molecule has 0 saturated heterocycles. The van der Waals surface area contributed by atoms with E-state index in [1.807, 2.05) is 23.6 Å². The van der Waals surface area contributed by atoms with Crippen LogP contribution < -0.4 is 5.32 Å². The van der Waals surface area contributed by atoms with Gasteiger partial charge in [0.2, 0.25) is 5.91 Å². The Labute approximate surface area is 137 Å². The van der Waals surface area contributed by atoms with E-state index in [9.17, 15) is 9.59 Å². The first-order chi connectivity index (χ1) is 11.1. The summed E-state index contributed by atoms with van der Waals surface area (Å²) >= 11 is 1.43. The molecule has 0 atom stereocenters. The summed E-state index contributed by atoms with van der Waals surface area (Å²) in [7, 11) is 0. The summed E-state index contributed by atoms with van der Waals surface area (Å²) in [5, 5.41) is 4.70. The molecule has 118 valence electrons. The van der Waals surface area contributed by atoms with Crippen LogP contribution in [-0.4, -0.2) is 16.7 Å². The van der Waals surface area contributed by atoms with Crippen LogP contribution in [-0.2, 0) is 4.79 Å². The predicted molar refractivity (Wildman–Crippen MR) is 89.9 cm³/mol. The summed E-state index contributed by atoms with van der Waals surface area (Å²) in [5.74, 6) is 0.509. The average molecular weight is 328 g/mol. The van der Waals surface area contributed by atoms with Crippen LogP contribution >= 0.6 is 11.3 Å². The number of hydrogen-bond acceptors (Lipinski definition) is 5. The second-order valence-electron chi connectivity index (χ2n) is 5.19. The van der Waals surface area contributed by atoms with E-state index in [1.54, 1.807) is 19.1 Å². The van der Waals surface area contributed by atoms with Crippen LogP contribution in [0.2, 0.25) is 0 Å². The predicted octanol–water partition coefficient (Wildman–Crippen LogP) is 4.19. The van der Waals surface area contributed by atoms with Crippen molar-refractivity contribution in [2.24, 2.45) is 0 Å². The third-order valence-electron chi connectivity index (χ3n) is 3.40. The number of carbonyl (C=O) groups excluding carboxylic acids is 2. The zero-order chi connectivity index (χ0) is 16.2. The Balaban J connectivity index is 1.55. The molecule has 0 radical (unpaired) electrons. The van der Waals surface area contributed by atoms with Crippen molar-refractivity contribution in [3.63, 3.8) is 0 Å². The topological polar surface area (TPSA) is 72.2 Å². The van der Waals surface area contributed by atoms with Gasteiger partial charge in [-0.25, -0.2) is 4.98 Å². The van der Waals surface area contributed by atoms with E-state index in [2.05, 4.69) is 10.3 Å². The highest BCUT2D eigenvalue weighted by Gasteiger charge is 2.12. The Kier molecular flexibility index (Phi) is 4.52. The molecule has 5 nitrogen and oxygen atoms in total. The highest BCUT2D eigenvalue weighted by Crippen LogP contribution is 2.24. The number of benzene rings is 1. The highest BCUT2D eigenvalue weighted by molar-refractivity contribution is 7.12. The lowest BCUT2D eigenvalue weighted by molar-refractivity contribution is -0.116. The van der Waals surface area contributed by atoms with Crippen molar-refractivity contribution in [2.75, 3.05) is 5.32 Å². The summed E-state index contributed by atoms with van der Waals surface area (Å²) in [6.07, 6.45) is 1.19. The molecule has 6 heteroatoms. The zero-order valence-corrected chi connectivity index (χ0v) is 13.5. The highest BCUT2D eigenvalue weighted by atomic mass is 32.1. The number of oxazole rings is 1. The van der Waals surface area contributed by atoms with Crippen molar-refractivity contribution in [3.8, 4) is 0 Å². The lowest BCUT2D eigenvalue weighted by atomic mass is 10.1. The molecule has 0 fully saturated rings. The zero-order valence-electron chi connectivity index (χ0n) is 12.7. The lowest BCUT2D eigenvalue weighted by Crippen LogP contribution is -2.12. The van der Waals surface area contributed by atoms with E-state index in [0.717, 1.165) is 4.88 Å². The number of amides is 1. The fourth-order valence-electron chi connectivity index (χ4n) is 2.34. The van der Waals surface area contributed by atoms with Crippen molar-refractivity contribution < 1.29 is 14.0 Å². The smallest absolute Gasteiger partial charge is 0.224 e. The van der Waals surface area contributed by atoms with Crippen molar-refractivity contribution in [2.45, 2.75) is 26.2 Å². The molecule has 0 aliphatic rings. The van der Waals surface area contributed by atoms with Gasteiger partial charge in [-0.2, -0.15) is 0 Å².